The lowest BCUT2D eigenvalue weighted by Crippen LogP contribution is -2.41. The number of sulfone groups is 1. The lowest BCUT2D eigenvalue weighted by Gasteiger charge is -2.37. The highest BCUT2D eigenvalue weighted by Crippen LogP contribution is 2.43. The third-order valence-corrected chi connectivity index (χ3v) is 8.50. The molecule has 4 aromatic rings. The molecule has 40 heavy (non-hydrogen) atoms. The van der Waals surface area contributed by atoms with Crippen molar-refractivity contribution in [2.24, 2.45) is 0 Å². The Labute approximate surface area is 232 Å². The van der Waals surface area contributed by atoms with Gasteiger partial charge in [0.25, 0.3) is 0 Å². The average Bonchev–Trinajstić information content (AvgIpc) is 2.99. The molecule has 1 aliphatic heterocycles. The van der Waals surface area contributed by atoms with Crippen LogP contribution in [0.4, 0.5) is 4.79 Å². The summed E-state index contributed by atoms with van der Waals surface area (Å²) in [6.07, 6.45) is -0.00989. The lowest BCUT2D eigenvalue weighted by atomic mass is 9.88. The Bertz CT molecular complexity index is 1620. The van der Waals surface area contributed by atoms with Crippen molar-refractivity contribution in [1.29, 1.82) is 0 Å². The minimum atomic E-state index is -4.09. The van der Waals surface area contributed by atoms with E-state index in [0.29, 0.717) is 18.5 Å². The number of carboxylic acid groups (broad SMARTS) is 1. The first-order valence-electron chi connectivity index (χ1n) is 12.7. The van der Waals surface area contributed by atoms with Gasteiger partial charge in [0.2, 0.25) is 9.84 Å². The Kier molecular flexibility index (Phi) is 7.84. The van der Waals surface area contributed by atoms with Crippen molar-refractivity contribution in [2.75, 3.05) is 13.2 Å². The van der Waals surface area contributed by atoms with Gasteiger partial charge in [-0.3, -0.25) is 4.90 Å². The van der Waals surface area contributed by atoms with Crippen molar-refractivity contribution < 1.29 is 32.6 Å². The third kappa shape index (κ3) is 5.55. The Hall–Kier alpha value is -4.63. The molecular weight excluding hydrogens is 530 g/mol. The SMILES string of the molecule is O=C(O)COc1c(C2c3ccccc3CCN2C(=O)OCc2ccccc2)cccc1S(=O)(=O)c1ccccc1. The van der Waals surface area contributed by atoms with Crippen LogP contribution in [0.2, 0.25) is 0 Å². The topological polar surface area (TPSA) is 110 Å². The number of carbonyl (C=O) groups excluding carboxylic acids is 1. The summed E-state index contributed by atoms with van der Waals surface area (Å²) in [6.45, 7) is -0.389. The van der Waals surface area contributed by atoms with Crippen LogP contribution < -0.4 is 4.74 Å². The highest BCUT2D eigenvalue weighted by Gasteiger charge is 2.37. The molecule has 0 aliphatic carbocycles. The van der Waals surface area contributed by atoms with Gasteiger partial charge in [0.15, 0.2) is 6.61 Å². The summed E-state index contributed by atoms with van der Waals surface area (Å²) in [4.78, 5) is 26.4. The first kappa shape index (κ1) is 27.0. The van der Waals surface area contributed by atoms with Crippen molar-refractivity contribution in [1.82, 2.24) is 4.90 Å². The molecule has 4 aromatic carbocycles. The summed E-state index contributed by atoms with van der Waals surface area (Å²) in [5, 5.41) is 9.40. The predicted octanol–water partition coefficient (Wildman–Crippen LogP) is 5.27. The van der Waals surface area contributed by atoms with E-state index in [0.717, 1.165) is 16.7 Å². The molecule has 204 valence electrons. The Morgan fingerprint density at radius 3 is 2.20 bits per heavy atom. The number of benzene rings is 4. The Morgan fingerprint density at radius 1 is 0.825 bits per heavy atom. The molecular formula is C31H27NO7S. The smallest absolute Gasteiger partial charge is 0.410 e. The molecule has 9 heteroatoms. The molecule has 0 aromatic heterocycles. The second-order valence-corrected chi connectivity index (χ2v) is 11.2. The number of aliphatic carboxylic acids is 1. The first-order valence-corrected chi connectivity index (χ1v) is 14.2. The van der Waals surface area contributed by atoms with Crippen molar-refractivity contribution in [3.05, 3.63) is 125 Å². The van der Waals surface area contributed by atoms with Crippen LogP contribution in [-0.4, -0.2) is 43.6 Å². The minimum Gasteiger partial charge on any atom is -0.480 e. The molecule has 0 spiro atoms. The molecule has 0 fully saturated rings. The lowest BCUT2D eigenvalue weighted by molar-refractivity contribution is -0.139. The summed E-state index contributed by atoms with van der Waals surface area (Å²) in [7, 11) is -4.09. The quantitative estimate of drug-likeness (QED) is 0.314. The van der Waals surface area contributed by atoms with E-state index in [-0.39, 0.29) is 22.1 Å². The number of rotatable bonds is 8. The van der Waals surface area contributed by atoms with Gasteiger partial charge < -0.3 is 14.6 Å². The maximum absolute atomic E-state index is 13.7. The van der Waals surface area contributed by atoms with Gasteiger partial charge in [-0.15, -0.1) is 0 Å². The van der Waals surface area contributed by atoms with Gasteiger partial charge in [0.1, 0.15) is 17.3 Å². The molecule has 0 saturated heterocycles. The van der Waals surface area contributed by atoms with Crippen molar-refractivity contribution in [2.45, 2.75) is 28.9 Å². The van der Waals surface area contributed by atoms with Crippen LogP contribution in [0.5, 0.6) is 5.75 Å². The number of amides is 1. The van der Waals surface area contributed by atoms with Gasteiger partial charge in [-0.2, -0.15) is 0 Å². The van der Waals surface area contributed by atoms with Gasteiger partial charge in [0.05, 0.1) is 10.9 Å². The number of fused-ring (bicyclic) bond motifs is 1. The van der Waals surface area contributed by atoms with Crippen molar-refractivity contribution in [3.8, 4) is 5.75 Å². The van der Waals surface area contributed by atoms with E-state index in [1.54, 1.807) is 30.3 Å². The summed E-state index contributed by atoms with van der Waals surface area (Å²) in [5.74, 6) is -1.38. The molecule has 1 atom stereocenters. The highest BCUT2D eigenvalue weighted by molar-refractivity contribution is 7.91. The number of hydrogen-bond acceptors (Lipinski definition) is 6. The zero-order valence-corrected chi connectivity index (χ0v) is 22.3. The monoisotopic (exact) mass is 557 g/mol. The van der Waals surface area contributed by atoms with E-state index in [9.17, 15) is 23.1 Å². The van der Waals surface area contributed by atoms with Gasteiger partial charge in [-0.25, -0.2) is 18.0 Å². The Morgan fingerprint density at radius 2 is 1.48 bits per heavy atom. The predicted molar refractivity (Wildman–Crippen MR) is 147 cm³/mol. The highest BCUT2D eigenvalue weighted by atomic mass is 32.2. The zero-order valence-electron chi connectivity index (χ0n) is 21.5. The summed E-state index contributed by atoms with van der Waals surface area (Å²) in [6, 6.07) is 28.5. The maximum Gasteiger partial charge on any atom is 0.410 e. The van der Waals surface area contributed by atoms with E-state index >= 15 is 0 Å². The number of ether oxygens (including phenoxy) is 2. The maximum atomic E-state index is 13.7. The van der Waals surface area contributed by atoms with Crippen molar-refractivity contribution in [3.63, 3.8) is 0 Å². The van der Waals surface area contributed by atoms with E-state index < -0.39 is 34.5 Å². The summed E-state index contributed by atoms with van der Waals surface area (Å²) < 4.78 is 38.8. The van der Waals surface area contributed by atoms with Crippen LogP contribution in [0, 0.1) is 0 Å². The zero-order chi connectivity index (χ0) is 28.1. The van der Waals surface area contributed by atoms with Crippen LogP contribution in [0.15, 0.2) is 113 Å². The normalized spacial score (nSPS) is 14.7. The van der Waals surface area contributed by atoms with Gasteiger partial charge >= 0.3 is 12.1 Å². The Balaban J connectivity index is 1.62. The standard InChI is InChI=1S/C31H27NO7S/c33-28(34)21-38-30-26(16-9-17-27(30)40(36,37)24-13-5-2-6-14-24)29-25-15-8-7-12-23(25)18-19-32(29)31(35)39-20-22-10-3-1-4-11-22/h1-17,29H,18-21H2,(H,33,34). The molecule has 0 saturated carbocycles. The van der Waals surface area contributed by atoms with Crippen molar-refractivity contribution >= 4 is 21.9 Å². The first-order chi connectivity index (χ1) is 19.4. The van der Waals surface area contributed by atoms with Gasteiger partial charge in [-0.1, -0.05) is 84.9 Å². The molecule has 0 bridgehead atoms. The number of hydrogen-bond donors (Lipinski definition) is 1. The second-order valence-electron chi connectivity index (χ2n) is 9.26. The molecule has 1 aliphatic rings. The van der Waals surface area contributed by atoms with Crippen LogP contribution in [0.1, 0.15) is 28.3 Å². The minimum absolute atomic E-state index is 0.0375. The van der Waals surface area contributed by atoms with E-state index in [2.05, 4.69) is 0 Å². The van der Waals surface area contributed by atoms with Crippen LogP contribution in [0.25, 0.3) is 0 Å². The van der Waals surface area contributed by atoms with Gasteiger partial charge in [0, 0.05) is 12.1 Å². The summed E-state index contributed by atoms with van der Waals surface area (Å²) >= 11 is 0. The van der Waals surface area contributed by atoms with Crippen LogP contribution >= 0.6 is 0 Å². The van der Waals surface area contributed by atoms with Crippen LogP contribution in [-0.2, 0) is 32.4 Å². The molecule has 0 radical (unpaired) electrons. The fourth-order valence-electron chi connectivity index (χ4n) is 4.88. The van der Waals surface area contributed by atoms with E-state index in [1.165, 1.54) is 23.1 Å². The fourth-order valence-corrected chi connectivity index (χ4v) is 6.32. The fraction of sp³-hybridized carbons (Fsp3) is 0.161. The second kappa shape index (κ2) is 11.6. The summed E-state index contributed by atoms with van der Waals surface area (Å²) in [5.41, 5.74) is 2.94. The molecule has 1 N–H and O–H groups in total. The molecule has 1 amide bonds. The molecule has 1 heterocycles. The number of para-hydroxylation sites is 1. The average molecular weight is 558 g/mol. The number of carbonyl (C=O) groups is 2. The number of nitrogens with zero attached hydrogens (tertiary/aromatic N) is 1. The molecule has 5 rings (SSSR count). The van der Waals surface area contributed by atoms with Gasteiger partial charge in [-0.05, 0) is 41.3 Å². The number of carboxylic acids is 1. The third-order valence-electron chi connectivity index (χ3n) is 6.71. The van der Waals surface area contributed by atoms with Crippen LogP contribution in [0.3, 0.4) is 0 Å². The van der Waals surface area contributed by atoms with E-state index in [1.807, 2.05) is 54.6 Å². The molecule has 1 unspecified atom stereocenters. The largest absolute Gasteiger partial charge is 0.480 e. The van der Waals surface area contributed by atoms with E-state index in [4.69, 9.17) is 9.47 Å². The molecule has 8 nitrogen and oxygen atoms in total.